The first kappa shape index (κ1) is 16.0. The minimum absolute atomic E-state index is 0.654. The largest absolute Gasteiger partial charge is 0.358 e. The number of nitrogens with zero attached hydrogens (tertiary/aromatic N) is 4. The van der Waals surface area contributed by atoms with Gasteiger partial charge in [-0.15, -0.1) is 0 Å². The Morgan fingerprint density at radius 2 is 2.24 bits per heavy atom. The highest BCUT2D eigenvalue weighted by Crippen LogP contribution is 2.22. The number of aromatic nitrogens is 2. The zero-order valence-electron chi connectivity index (χ0n) is 13.9. The van der Waals surface area contributed by atoms with Crippen LogP contribution in [0.15, 0.2) is 6.20 Å². The van der Waals surface area contributed by atoms with Crippen molar-refractivity contribution < 1.29 is 0 Å². The first-order valence-electron chi connectivity index (χ1n) is 8.18. The van der Waals surface area contributed by atoms with Gasteiger partial charge in [0.25, 0.3) is 0 Å². The van der Waals surface area contributed by atoms with Gasteiger partial charge >= 0.3 is 0 Å². The fourth-order valence-electron chi connectivity index (χ4n) is 3.06. The predicted octanol–water partition coefficient (Wildman–Crippen LogP) is 2.53. The maximum absolute atomic E-state index is 4.69. The molecule has 2 rings (SSSR count). The number of likely N-dealkylation sites (N-methyl/N-ethyl adjacent to an activating group) is 2. The Morgan fingerprint density at radius 3 is 2.95 bits per heavy atom. The molecule has 1 aromatic heterocycles. The van der Waals surface area contributed by atoms with Crippen LogP contribution in [0.3, 0.4) is 0 Å². The van der Waals surface area contributed by atoms with Crippen LogP contribution < -0.4 is 10.2 Å². The molecule has 0 amide bonds. The number of nitrogens with one attached hydrogen (secondary N) is 1. The van der Waals surface area contributed by atoms with Crippen LogP contribution in [-0.2, 0) is 0 Å². The Labute approximate surface area is 128 Å². The molecule has 1 N–H and O–H groups in total. The average molecular weight is 291 g/mol. The highest BCUT2D eigenvalue weighted by atomic mass is 15.3. The summed E-state index contributed by atoms with van der Waals surface area (Å²) in [4.78, 5) is 13.9. The summed E-state index contributed by atoms with van der Waals surface area (Å²) in [6.45, 7) is 10.8. The maximum atomic E-state index is 4.69. The topological polar surface area (TPSA) is 44.3 Å². The first-order chi connectivity index (χ1) is 10.2. The predicted molar refractivity (Wildman–Crippen MR) is 89.1 cm³/mol. The van der Waals surface area contributed by atoms with E-state index in [1.54, 1.807) is 0 Å². The number of hydrogen-bond acceptors (Lipinski definition) is 5. The molecular formula is C16H29N5. The van der Waals surface area contributed by atoms with E-state index in [0.717, 1.165) is 43.4 Å². The molecule has 0 radical (unpaired) electrons. The van der Waals surface area contributed by atoms with Gasteiger partial charge in [0, 0.05) is 37.9 Å². The summed E-state index contributed by atoms with van der Waals surface area (Å²) in [6, 6.07) is 0.654. The van der Waals surface area contributed by atoms with Crippen LogP contribution in [0.25, 0.3) is 0 Å². The van der Waals surface area contributed by atoms with E-state index in [-0.39, 0.29) is 0 Å². The van der Waals surface area contributed by atoms with Gasteiger partial charge < -0.3 is 10.2 Å². The minimum atomic E-state index is 0.654. The second-order valence-corrected chi connectivity index (χ2v) is 5.93. The molecular weight excluding hydrogens is 262 g/mol. The number of hydrogen-bond donors (Lipinski definition) is 1. The maximum Gasteiger partial charge on any atom is 0.224 e. The quantitative estimate of drug-likeness (QED) is 0.836. The lowest BCUT2D eigenvalue weighted by Gasteiger charge is -2.29. The Morgan fingerprint density at radius 1 is 1.43 bits per heavy atom. The standard InChI is InChI=1S/C16H29N5/c1-5-9-17-16-18-11-13(3)15(19-16)20(4)12-14-8-7-10-21(14)6-2/h11,14H,5-10,12H2,1-4H3,(H,17,18,19). The van der Waals surface area contributed by atoms with Crippen LogP contribution >= 0.6 is 0 Å². The van der Waals surface area contributed by atoms with E-state index >= 15 is 0 Å². The molecule has 1 saturated heterocycles. The van der Waals surface area contributed by atoms with Crippen LogP contribution in [-0.4, -0.2) is 54.1 Å². The molecule has 0 spiro atoms. The summed E-state index contributed by atoms with van der Waals surface area (Å²) in [5.74, 6) is 1.79. The Bertz CT molecular complexity index is 448. The van der Waals surface area contributed by atoms with Gasteiger partial charge in [0.15, 0.2) is 0 Å². The zero-order valence-corrected chi connectivity index (χ0v) is 13.9. The molecule has 0 bridgehead atoms. The van der Waals surface area contributed by atoms with Crippen molar-refractivity contribution in [2.24, 2.45) is 0 Å². The van der Waals surface area contributed by atoms with Crippen LogP contribution in [0, 0.1) is 6.92 Å². The molecule has 1 unspecified atom stereocenters. The second kappa shape index (κ2) is 7.59. The van der Waals surface area contributed by atoms with Crippen LogP contribution in [0.1, 0.15) is 38.7 Å². The molecule has 21 heavy (non-hydrogen) atoms. The van der Waals surface area contributed by atoms with E-state index in [2.05, 4.69) is 52.9 Å². The van der Waals surface area contributed by atoms with E-state index in [4.69, 9.17) is 0 Å². The Hall–Kier alpha value is -1.36. The minimum Gasteiger partial charge on any atom is -0.358 e. The molecule has 118 valence electrons. The third kappa shape index (κ3) is 4.06. The summed E-state index contributed by atoms with van der Waals surface area (Å²) in [5, 5.41) is 3.27. The van der Waals surface area contributed by atoms with Gasteiger partial charge in [-0.25, -0.2) is 4.98 Å². The summed E-state index contributed by atoms with van der Waals surface area (Å²) in [7, 11) is 2.14. The van der Waals surface area contributed by atoms with Crippen LogP contribution in [0.5, 0.6) is 0 Å². The van der Waals surface area contributed by atoms with E-state index in [1.165, 1.54) is 19.4 Å². The van der Waals surface area contributed by atoms with Crippen molar-refractivity contribution in [2.45, 2.75) is 46.1 Å². The Kier molecular flexibility index (Phi) is 5.79. The lowest BCUT2D eigenvalue weighted by molar-refractivity contribution is 0.270. The third-order valence-electron chi connectivity index (χ3n) is 4.23. The monoisotopic (exact) mass is 291 g/mol. The molecule has 1 fully saturated rings. The van der Waals surface area contributed by atoms with Gasteiger partial charge in [0.1, 0.15) is 5.82 Å². The fraction of sp³-hybridized carbons (Fsp3) is 0.750. The van der Waals surface area contributed by atoms with Crippen molar-refractivity contribution in [3.8, 4) is 0 Å². The van der Waals surface area contributed by atoms with Gasteiger partial charge in [-0.2, -0.15) is 4.98 Å². The van der Waals surface area contributed by atoms with Gasteiger partial charge in [-0.05, 0) is 39.3 Å². The van der Waals surface area contributed by atoms with Crippen molar-refractivity contribution in [1.29, 1.82) is 0 Å². The SMILES string of the molecule is CCCNc1ncc(C)c(N(C)CC2CCCN2CC)n1. The normalized spacial score (nSPS) is 19.0. The summed E-state index contributed by atoms with van der Waals surface area (Å²) in [6.07, 6.45) is 5.61. The van der Waals surface area contributed by atoms with Gasteiger partial charge in [0.05, 0.1) is 0 Å². The number of anilines is 2. The van der Waals surface area contributed by atoms with Crippen molar-refractivity contribution in [1.82, 2.24) is 14.9 Å². The van der Waals surface area contributed by atoms with Crippen molar-refractivity contribution in [3.63, 3.8) is 0 Å². The molecule has 1 atom stereocenters. The molecule has 2 heterocycles. The third-order valence-corrected chi connectivity index (χ3v) is 4.23. The molecule has 0 aliphatic carbocycles. The van der Waals surface area contributed by atoms with E-state index < -0.39 is 0 Å². The number of rotatable bonds is 7. The van der Waals surface area contributed by atoms with Crippen molar-refractivity contribution >= 4 is 11.8 Å². The molecule has 1 aliphatic heterocycles. The van der Waals surface area contributed by atoms with E-state index in [1.807, 2.05) is 6.20 Å². The van der Waals surface area contributed by atoms with Crippen molar-refractivity contribution in [2.75, 3.05) is 43.4 Å². The molecule has 1 aliphatic rings. The van der Waals surface area contributed by atoms with Crippen LogP contribution in [0.4, 0.5) is 11.8 Å². The lowest BCUT2D eigenvalue weighted by atomic mass is 10.2. The zero-order chi connectivity index (χ0) is 15.2. The number of likely N-dealkylation sites (tertiary alicyclic amines) is 1. The smallest absolute Gasteiger partial charge is 0.224 e. The highest BCUT2D eigenvalue weighted by molar-refractivity contribution is 5.48. The molecule has 0 aromatic carbocycles. The Balaban J connectivity index is 2.05. The molecule has 0 saturated carbocycles. The van der Waals surface area contributed by atoms with Crippen LogP contribution in [0.2, 0.25) is 0 Å². The summed E-state index contributed by atoms with van der Waals surface area (Å²) < 4.78 is 0. The van der Waals surface area contributed by atoms with E-state index in [0.29, 0.717) is 6.04 Å². The highest BCUT2D eigenvalue weighted by Gasteiger charge is 2.25. The average Bonchev–Trinajstić information content (AvgIpc) is 2.93. The van der Waals surface area contributed by atoms with Gasteiger partial charge in [-0.1, -0.05) is 13.8 Å². The molecule has 5 nitrogen and oxygen atoms in total. The van der Waals surface area contributed by atoms with Crippen molar-refractivity contribution in [3.05, 3.63) is 11.8 Å². The number of aryl methyl sites for hydroxylation is 1. The molecule has 5 heteroatoms. The van der Waals surface area contributed by atoms with Gasteiger partial charge in [0.2, 0.25) is 5.95 Å². The lowest BCUT2D eigenvalue weighted by Crippen LogP contribution is -2.39. The first-order valence-corrected chi connectivity index (χ1v) is 8.18. The fourth-order valence-corrected chi connectivity index (χ4v) is 3.06. The summed E-state index contributed by atoms with van der Waals surface area (Å²) in [5.41, 5.74) is 1.14. The molecule has 1 aromatic rings. The second-order valence-electron chi connectivity index (χ2n) is 5.93. The van der Waals surface area contributed by atoms with Gasteiger partial charge in [-0.3, -0.25) is 4.90 Å². The van der Waals surface area contributed by atoms with E-state index in [9.17, 15) is 0 Å². The summed E-state index contributed by atoms with van der Waals surface area (Å²) >= 11 is 0.